The Morgan fingerprint density at radius 2 is 2.00 bits per heavy atom. The number of H-pyrrole nitrogens is 1. The molecule has 0 saturated heterocycles. The lowest BCUT2D eigenvalue weighted by atomic mass is 10.1. The van der Waals surface area contributed by atoms with Crippen LogP contribution in [0, 0.1) is 0 Å². The minimum Gasteiger partial charge on any atom is -0.360 e. The smallest absolute Gasteiger partial charge is 0.256 e. The molecule has 1 heterocycles. The first-order valence-corrected chi connectivity index (χ1v) is 7.17. The Hall–Kier alpha value is -2.30. The maximum absolute atomic E-state index is 12.6. The van der Waals surface area contributed by atoms with Gasteiger partial charge in [-0.25, -0.2) is 0 Å². The molecule has 1 aromatic carbocycles. The highest BCUT2D eigenvalue weighted by Crippen LogP contribution is 2.19. The van der Waals surface area contributed by atoms with E-state index < -0.39 is 0 Å². The summed E-state index contributed by atoms with van der Waals surface area (Å²) < 4.78 is 0. The summed E-state index contributed by atoms with van der Waals surface area (Å²) in [4.78, 5) is 29.1. The van der Waals surface area contributed by atoms with Crippen LogP contribution in [-0.4, -0.2) is 40.8 Å². The Balaban J connectivity index is 2.18. The second-order valence-corrected chi connectivity index (χ2v) is 5.29. The van der Waals surface area contributed by atoms with Crippen LogP contribution in [-0.2, 0) is 4.79 Å². The molecule has 2 amide bonds. The largest absolute Gasteiger partial charge is 0.360 e. The van der Waals surface area contributed by atoms with Gasteiger partial charge in [-0.15, -0.1) is 0 Å². The van der Waals surface area contributed by atoms with E-state index in [-0.39, 0.29) is 24.4 Å². The van der Waals surface area contributed by atoms with E-state index in [1.807, 2.05) is 45.0 Å². The van der Waals surface area contributed by atoms with Crippen LogP contribution in [0.5, 0.6) is 0 Å². The fraction of sp³-hybridized carbons (Fsp3) is 0.375. The lowest BCUT2D eigenvalue weighted by Crippen LogP contribution is -2.42. The van der Waals surface area contributed by atoms with Crippen LogP contribution in [0.15, 0.2) is 30.5 Å². The molecule has 0 spiro atoms. The topological polar surface area (TPSA) is 65.2 Å². The van der Waals surface area contributed by atoms with Crippen LogP contribution in [0.2, 0.25) is 0 Å². The van der Waals surface area contributed by atoms with Crippen LogP contribution in [0.25, 0.3) is 10.9 Å². The number of hydrogen-bond acceptors (Lipinski definition) is 2. The van der Waals surface area contributed by atoms with E-state index in [1.54, 1.807) is 11.1 Å². The van der Waals surface area contributed by atoms with Gasteiger partial charge in [0.2, 0.25) is 5.91 Å². The van der Waals surface area contributed by atoms with Crippen molar-refractivity contribution < 1.29 is 9.59 Å². The van der Waals surface area contributed by atoms with Gasteiger partial charge in [-0.1, -0.05) is 18.2 Å². The number of fused-ring (bicyclic) bond motifs is 1. The molecule has 2 rings (SSSR count). The minimum atomic E-state index is -0.139. The van der Waals surface area contributed by atoms with E-state index in [9.17, 15) is 9.59 Å². The van der Waals surface area contributed by atoms with Gasteiger partial charge in [0.1, 0.15) is 0 Å². The Bertz CT molecular complexity index is 646. The Labute approximate surface area is 124 Å². The van der Waals surface area contributed by atoms with Crippen molar-refractivity contribution in [3.63, 3.8) is 0 Å². The number of benzene rings is 1. The Kier molecular flexibility index (Phi) is 4.62. The number of rotatable bonds is 5. The number of carbonyl (C=O) groups excluding carboxylic acids is 2. The average Bonchev–Trinajstić information content (AvgIpc) is 2.87. The lowest BCUT2D eigenvalue weighted by Gasteiger charge is -2.20. The van der Waals surface area contributed by atoms with E-state index in [2.05, 4.69) is 10.3 Å². The van der Waals surface area contributed by atoms with Crippen LogP contribution < -0.4 is 5.32 Å². The maximum Gasteiger partial charge on any atom is 0.256 e. The molecule has 2 aromatic rings. The van der Waals surface area contributed by atoms with Crippen molar-refractivity contribution in [2.24, 2.45) is 0 Å². The highest BCUT2D eigenvalue weighted by atomic mass is 16.2. The first kappa shape index (κ1) is 15.1. The highest BCUT2D eigenvalue weighted by molar-refractivity contribution is 6.07. The maximum atomic E-state index is 12.6. The SMILES string of the molecule is CCN(CC(=O)NC(C)C)C(=O)c1c[nH]c2ccccc12. The second kappa shape index (κ2) is 6.43. The monoisotopic (exact) mass is 287 g/mol. The van der Waals surface area contributed by atoms with Gasteiger partial charge in [0, 0.05) is 29.7 Å². The van der Waals surface area contributed by atoms with Crippen LogP contribution in [0.3, 0.4) is 0 Å². The van der Waals surface area contributed by atoms with Gasteiger partial charge < -0.3 is 15.2 Å². The van der Waals surface area contributed by atoms with E-state index in [0.717, 1.165) is 10.9 Å². The molecular formula is C16H21N3O2. The zero-order chi connectivity index (χ0) is 15.4. The molecule has 2 N–H and O–H groups in total. The van der Waals surface area contributed by atoms with Crippen molar-refractivity contribution in [1.29, 1.82) is 0 Å². The summed E-state index contributed by atoms with van der Waals surface area (Å²) in [5.41, 5.74) is 1.52. The highest BCUT2D eigenvalue weighted by Gasteiger charge is 2.20. The van der Waals surface area contributed by atoms with Crippen molar-refractivity contribution >= 4 is 22.7 Å². The molecular weight excluding hydrogens is 266 g/mol. The third-order valence-corrected chi connectivity index (χ3v) is 3.27. The first-order chi connectivity index (χ1) is 10.0. The second-order valence-electron chi connectivity index (χ2n) is 5.29. The average molecular weight is 287 g/mol. The summed E-state index contributed by atoms with van der Waals surface area (Å²) in [5.74, 6) is -0.270. The molecule has 0 aliphatic rings. The molecule has 0 atom stereocenters. The number of aromatic amines is 1. The zero-order valence-corrected chi connectivity index (χ0v) is 12.6. The first-order valence-electron chi connectivity index (χ1n) is 7.17. The van der Waals surface area contributed by atoms with Crippen molar-refractivity contribution in [2.45, 2.75) is 26.8 Å². The minimum absolute atomic E-state index is 0.0689. The fourth-order valence-corrected chi connectivity index (χ4v) is 2.29. The normalized spacial score (nSPS) is 10.9. The third-order valence-electron chi connectivity index (χ3n) is 3.27. The van der Waals surface area contributed by atoms with Crippen LogP contribution >= 0.6 is 0 Å². The number of aromatic nitrogens is 1. The fourth-order valence-electron chi connectivity index (χ4n) is 2.29. The predicted molar refractivity (Wildman–Crippen MR) is 83.2 cm³/mol. The van der Waals surface area contributed by atoms with Gasteiger partial charge >= 0.3 is 0 Å². The Morgan fingerprint density at radius 1 is 1.29 bits per heavy atom. The van der Waals surface area contributed by atoms with E-state index in [4.69, 9.17) is 0 Å². The molecule has 5 nitrogen and oxygen atoms in total. The summed E-state index contributed by atoms with van der Waals surface area (Å²) >= 11 is 0. The summed E-state index contributed by atoms with van der Waals surface area (Å²) in [6.45, 7) is 6.23. The number of amides is 2. The molecule has 0 bridgehead atoms. The summed E-state index contributed by atoms with van der Waals surface area (Å²) in [7, 11) is 0. The van der Waals surface area contributed by atoms with Crippen LogP contribution in [0.1, 0.15) is 31.1 Å². The van der Waals surface area contributed by atoms with E-state index in [1.165, 1.54) is 0 Å². The standard InChI is InChI=1S/C16H21N3O2/c1-4-19(10-15(20)18-11(2)3)16(21)13-9-17-14-8-6-5-7-12(13)14/h5-9,11,17H,4,10H2,1-3H3,(H,18,20). The third kappa shape index (κ3) is 3.42. The van der Waals surface area contributed by atoms with Crippen LogP contribution in [0.4, 0.5) is 0 Å². The number of nitrogens with one attached hydrogen (secondary N) is 2. The molecule has 0 fully saturated rings. The number of carbonyl (C=O) groups is 2. The van der Waals surface area contributed by atoms with Crippen molar-refractivity contribution in [3.05, 3.63) is 36.0 Å². The number of likely N-dealkylation sites (N-methyl/N-ethyl adjacent to an activating group) is 1. The van der Waals surface area contributed by atoms with Crippen molar-refractivity contribution in [1.82, 2.24) is 15.2 Å². The molecule has 1 aromatic heterocycles. The van der Waals surface area contributed by atoms with Gasteiger partial charge in [0.15, 0.2) is 0 Å². The predicted octanol–water partition coefficient (Wildman–Crippen LogP) is 2.15. The van der Waals surface area contributed by atoms with Gasteiger partial charge in [-0.3, -0.25) is 9.59 Å². The number of para-hydroxylation sites is 1. The lowest BCUT2D eigenvalue weighted by molar-refractivity contribution is -0.122. The van der Waals surface area contributed by atoms with E-state index in [0.29, 0.717) is 12.1 Å². The zero-order valence-electron chi connectivity index (χ0n) is 12.6. The van der Waals surface area contributed by atoms with Crippen molar-refractivity contribution in [3.8, 4) is 0 Å². The molecule has 0 unspecified atom stereocenters. The quantitative estimate of drug-likeness (QED) is 0.885. The Morgan fingerprint density at radius 3 is 2.67 bits per heavy atom. The van der Waals surface area contributed by atoms with Gasteiger partial charge in [-0.05, 0) is 26.8 Å². The summed E-state index contributed by atoms with van der Waals surface area (Å²) in [6.07, 6.45) is 1.70. The molecule has 112 valence electrons. The molecule has 21 heavy (non-hydrogen) atoms. The van der Waals surface area contributed by atoms with Gasteiger partial charge in [0.05, 0.1) is 12.1 Å². The van der Waals surface area contributed by atoms with Gasteiger partial charge in [0.25, 0.3) is 5.91 Å². The molecule has 0 aliphatic heterocycles. The molecule has 0 aliphatic carbocycles. The molecule has 0 radical (unpaired) electrons. The summed E-state index contributed by atoms with van der Waals surface area (Å²) in [6, 6.07) is 7.71. The van der Waals surface area contributed by atoms with Crippen molar-refractivity contribution in [2.75, 3.05) is 13.1 Å². The number of hydrogen-bond donors (Lipinski definition) is 2. The molecule has 5 heteroatoms. The van der Waals surface area contributed by atoms with Gasteiger partial charge in [-0.2, -0.15) is 0 Å². The molecule has 0 saturated carbocycles. The van der Waals surface area contributed by atoms with E-state index >= 15 is 0 Å². The number of nitrogens with zero attached hydrogens (tertiary/aromatic N) is 1. The summed E-state index contributed by atoms with van der Waals surface area (Å²) in [5, 5.41) is 3.68.